The third-order valence-electron chi connectivity index (χ3n) is 3.39. The molecule has 0 aliphatic rings. The van der Waals surface area contributed by atoms with E-state index in [4.69, 9.17) is 10.5 Å². The van der Waals surface area contributed by atoms with E-state index in [9.17, 15) is 9.59 Å². The van der Waals surface area contributed by atoms with Gasteiger partial charge in [-0.25, -0.2) is 4.79 Å². The molecule has 0 saturated heterocycles. The monoisotopic (exact) mass is 325 g/mol. The highest BCUT2D eigenvalue weighted by Crippen LogP contribution is 2.38. The molecule has 0 saturated carbocycles. The number of H-pyrrole nitrogens is 2. The van der Waals surface area contributed by atoms with Crippen LogP contribution in [0.5, 0.6) is 5.75 Å². The van der Waals surface area contributed by atoms with Crippen molar-refractivity contribution >= 4 is 27.8 Å². The largest absolute Gasteiger partial charge is 0.492 e. The second-order valence-corrected chi connectivity index (χ2v) is 4.94. The molecular weight excluding hydrogens is 310 g/mol. The van der Waals surface area contributed by atoms with Crippen molar-refractivity contribution in [3.63, 3.8) is 0 Å². The molecular formula is C16H15N5O3. The third kappa shape index (κ3) is 2.89. The second kappa shape index (κ2) is 6.37. The van der Waals surface area contributed by atoms with Gasteiger partial charge in [-0.15, -0.1) is 10.2 Å². The summed E-state index contributed by atoms with van der Waals surface area (Å²) >= 11 is 0. The Kier molecular flexibility index (Phi) is 4.11. The number of nitrogens with zero attached hydrogens (tertiary/aromatic N) is 2. The number of ether oxygens (including phenoxy) is 1. The number of hydrogen-bond donors (Lipinski definition) is 3. The van der Waals surface area contributed by atoms with Crippen molar-refractivity contribution in [1.82, 2.24) is 9.97 Å². The first-order valence-corrected chi connectivity index (χ1v) is 7.28. The summed E-state index contributed by atoms with van der Waals surface area (Å²) in [5.74, 6) is 0.500. The van der Waals surface area contributed by atoms with Crippen molar-refractivity contribution in [2.24, 2.45) is 10.2 Å². The summed E-state index contributed by atoms with van der Waals surface area (Å²) < 4.78 is 5.53. The SMILES string of the molecule is CCOc1cc(N=Nc2c[nH]c(=O)[nH]c2=O)c2ccccc2c1N. The summed E-state index contributed by atoms with van der Waals surface area (Å²) in [6, 6.07) is 9.10. The van der Waals surface area contributed by atoms with Gasteiger partial charge in [-0.05, 0) is 6.92 Å². The molecule has 2 aromatic carbocycles. The van der Waals surface area contributed by atoms with Gasteiger partial charge in [0.05, 0.1) is 18.0 Å². The Hall–Kier alpha value is -3.42. The molecule has 8 heteroatoms. The van der Waals surface area contributed by atoms with Crippen LogP contribution in [0, 0.1) is 0 Å². The molecule has 0 aliphatic carbocycles. The van der Waals surface area contributed by atoms with Crippen LogP contribution in [0.2, 0.25) is 0 Å². The van der Waals surface area contributed by atoms with Gasteiger partial charge in [0.15, 0.2) is 5.69 Å². The van der Waals surface area contributed by atoms with E-state index in [0.29, 0.717) is 23.7 Å². The fourth-order valence-corrected chi connectivity index (χ4v) is 2.30. The van der Waals surface area contributed by atoms with Gasteiger partial charge in [-0.1, -0.05) is 24.3 Å². The van der Waals surface area contributed by atoms with E-state index in [1.165, 1.54) is 6.20 Å². The number of hydrogen-bond acceptors (Lipinski definition) is 6. The summed E-state index contributed by atoms with van der Waals surface area (Å²) in [4.78, 5) is 27.1. The van der Waals surface area contributed by atoms with Crippen LogP contribution < -0.4 is 21.7 Å². The minimum Gasteiger partial charge on any atom is -0.492 e. The molecule has 0 atom stereocenters. The van der Waals surface area contributed by atoms with Crippen molar-refractivity contribution in [3.8, 4) is 5.75 Å². The molecule has 0 bridgehead atoms. The number of fused-ring (bicyclic) bond motifs is 1. The lowest BCUT2D eigenvalue weighted by Crippen LogP contribution is -2.20. The van der Waals surface area contributed by atoms with Gasteiger partial charge in [0.25, 0.3) is 5.56 Å². The Morgan fingerprint density at radius 3 is 2.54 bits per heavy atom. The number of anilines is 1. The van der Waals surface area contributed by atoms with E-state index in [1.54, 1.807) is 6.07 Å². The first-order valence-electron chi connectivity index (χ1n) is 7.28. The van der Waals surface area contributed by atoms with Crippen LogP contribution in [0.15, 0.2) is 56.3 Å². The fourth-order valence-electron chi connectivity index (χ4n) is 2.30. The molecule has 1 heterocycles. The lowest BCUT2D eigenvalue weighted by Gasteiger charge is -2.11. The lowest BCUT2D eigenvalue weighted by atomic mass is 10.1. The van der Waals surface area contributed by atoms with Crippen LogP contribution in [0.4, 0.5) is 17.1 Å². The topological polar surface area (TPSA) is 126 Å². The summed E-state index contributed by atoms with van der Waals surface area (Å²) in [5.41, 5.74) is 5.93. The standard InChI is InChI=1S/C16H15N5O3/c1-2-24-13-7-11(9-5-3-4-6-10(9)14(13)17)20-21-12-8-18-16(23)19-15(12)22/h3-8H,2,17H2,1H3,(H2,18,19,22,23). The van der Waals surface area contributed by atoms with E-state index in [0.717, 1.165) is 10.8 Å². The van der Waals surface area contributed by atoms with Crippen LogP contribution in [-0.4, -0.2) is 16.6 Å². The van der Waals surface area contributed by atoms with Crippen LogP contribution in [-0.2, 0) is 0 Å². The van der Waals surface area contributed by atoms with E-state index in [-0.39, 0.29) is 5.69 Å². The molecule has 8 nitrogen and oxygen atoms in total. The van der Waals surface area contributed by atoms with Gasteiger partial charge in [0.2, 0.25) is 0 Å². The second-order valence-electron chi connectivity index (χ2n) is 4.94. The van der Waals surface area contributed by atoms with Gasteiger partial charge in [-0.2, -0.15) is 0 Å². The highest BCUT2D eigenvalue weighted by molar-refractivity contribution is 6.02. The Morgan fingerprint density at radius 2 is 1.83 bits per heavy atom. The molecule has 0 spiro atoms. The summed E-state index contributed by atoms with van der Waals surface area (Å²) in [6.45, 7) is 2.31. The number of aromatic amines is 2. The number of nitrogens with one attached hydrogen (secondary N) is 2. The molecule has 4 N–H and O–H groups in total. The lowest BCUT2D eigenvalue weighted by molar-refractivity contribution is 0.342. The first kappa shape index (κ1) is 15.5. The zero-order valence-corrected chi connectivity index (χ0v) is 12.9. The number of aromatic nitrogens is 2. The Labute approximate surface area is 136 Å². The van der Waals surface area contributed by atoms with Crippen LogP contribution >= 0.6 is 0 Å². The maximum Gasteiger partial charge on any atom is 0.325 e. The molecule has 3 aromatic rings. The average molecular weight is 325 g/mol. The molecule has 0 aliphatic heterocycles. The molecule has 1 aromatic heterocycles. The number of benzene rings is 2. The minimum absolute atomic E-state index is 0.00605. The first-order chi connectivity index (χ1) is 11.6. The zero-order chi connectivity index (χ0) is 17.1. The smallest absolute Gasteiger partial charge is 0.325 e. The molecule has 24 heavy (non-hydrogen) atoms. The summed E-state index contributed by atoms with van der Waals surface area (Å²) in [6.07, 6.45) is 1.20. The van der Waals surface area contributed by atoms with Gasteiger partial charge >= 0.3 is 5.69 Å². The van der Waals surface area contributed by atoms with E-state index in [2.05, 4.69) is 20.2 Å². The maximum atomic E-state index is 11.7. The molecule has 0 fully saturated rings. The van der Waals surface area contributed by atoms with Gasteiger partial charge in [0.1, 0.15) is 5.75 Å². The number of azo groups is 1. The molecule has 0 radical (unpaired) electrons. The molecule has 0 amide bonds. The predicted molar refractivity (Wildman–Crippen MR) is 91.4 cm³/mol. The van der Waals surface area contributed by atoms with Gasteiger partial charge in [-0.3, -0.25) is 9.78 Å². The normalized spacial score (nSPS) is 11.2. The van der Waals surface area contributed by atoms with Gasteiger partial charge in [0, 0.05) is 23.0 Å². The van der Waals surface area contributed by atoms with Crippen molar-refractivity contribution in [1.29, 1.82) is 0 Å². The van der Waals surface area contributed by atoms with E-state index in [1.807, 2.05) is 31.2 Å². The molecule has 3 rings (SSSR count). The Balaban J connectivity index is 2.14. The van der Waals surface area contributed by atoms with Crippen molar-refractivity contribution in [2.75, 3.05) is 12.3 Å². The molecule has 0 unspecified atom stereocenters. The van der Waals surface area contributed by atoms with Crippen molar-refractivity contribution in [3.05, 3.63) is 57.4 Å². The summed E-state index contributed by atoms with van der Waals surface area (Å²) in [7, 11) is 0. The highest BCUT2D eigenvalue weighted by Gasteiger charge is 2.10. The summed E-state index contributed by atoms with van der Waals surface area (Å²) in [5, 5.41) is 9.61. The predicted octanol–water partition coefficient (Wildman–Crippen LogP) is 2.61. The fraction of sp³-hybridized carbons (Fsp3) is 0.125. The van der Waals surface area contributed by atoms with E-state index < -0.39 is 11.2 Å². The van der Waals surface area contributed by atoms with Crippen molar-refractivity contribution < 1.29 is 4.74 Å². The highest BCUT2D eigenvalue weighted by atomic mass is 16.5. The minimum atomic E-state index is -0.618. The Bertz CT molecular complexity index is 1040. The van der Waals surface area contributed by atoms with Gasteiger partial charge < -0.3 is 15.5 Å². The van der Waals surface area contributed by atoms with Crippen LogP contribution in [0.25, 0.3) is 10.8 Å². The number of rotatable bonds is 4. The number of nitrogens with two attached hydrogens (primary N) is 1. The van der Waals surface area contributed by atoms with Crippen molar-refractivity contribution in [2.45, 2.75) is 6.92 Å². The maximum absolute atomic E-state index is 11.7. The third-order valence-corrected chi connectivity index (χ3v) is 3.39. The number of nitrogen functional groups attached to an aromatic ring is 1. The quantitative estimate of drug-likeness (QED) is 0.503. The van der Waals surface area contributed by atoms with Crippen LogP contribution in [0.3, 0.4) is 0 Å². The van der Waals surface area contributed by atoms with Crippen LogP contribution in [0.1, 0.15) is 6.92 Å². The Morgan fingerprint density at radius 1 is 1.12 bits per heavy atom. The average Bonchev–Trinajstić information content (AvgIpc) is 2.58. The van der Waals surface area contributed by atoms with E-state index >= 15 is 0 Å². The molecule has 122 valence electrons. The zero-order valence-electron chi connectivity index (χ0n) is 12.9.